The summed E-state index contributed by atoms with van der Waals surface area (Å²) >= 11 is 0. The van der Waals surface area contributed by atoms with Crippen LogP contribution >= 0.6 is 0 Å². The normalized spacial score (nSPS) is 17.9. The highest BCUT2D eigenvalue weighted by Crippen LogP contribution is 2.39. The van der Waals surface area contributed by atoms with Crippen LogP contribution in [0.15, 0.2) is 73.0 Å². The standard InChI is InChI=1S/C31H35N7/c1-3-6-23(4-2)26-12-13-27-30(35-26)38(29(36-27)25-7-5-16-34-28(25)32)24-10-8-22(9-11-24)19-37-20-31(21-37)14-17-33-18-15-31/h3-13,16,33H,14-15,17-21H2,1-2H3,(H2,32,34)/b6-3-,23-4+. The number of rotatable bonds is 6. The number of nitrogen functional groups attached to an aromatic ring is 1. The molecule has 0 amide bonds. The molecule has 3 aromatic heterocycles. The van der Waals surface area contributed by atoms with E-state index in [1.165, 1.54) is 31.5 Å². The predicted molar refractivity (Wildman–Crippen MR) is 155 cm³/mol. The van der Waals surface area contributed by atoms with E-state index in [1.54, 1.807) is 6.20 Å². The van der Waals surface area contributed by atoms with Crippen LogP contribution in [0.4, 0.5) is 5.82 Å². The predicted octanol–water partition coefficient (Wildman–Crippen LogP) is 5.23. The van der Waals surface area contributed by atoms with Crippen molar-refractivity contribution in [2.24, 2.45) is 5.41 Å². The molecule has 1 spiro atoms. The van der Waals surface area contributed by atoms with Crippen molar-refractivity contribution in [2.45, 2.75) is 33.2 Å². The van der Waals surface area contributed by atoms with E-state index in [9.17, 15) is 0 Å². The van der Waals surface area contributed by atoms with E-state index in [-0.39, 0.29) is 0 Å². The van der Waals surface area contributed by atoms with Crippen molar-refractivity contribution in [1.29, 1.82) is 0 Å². The third-order valence-corrected chi connectivity index (χ3v) is 7.92. The van der Waals surface area contributed by atoms with Crippen molar-refractivity contribution in [3.05, 3.63) is 84.2 Å². The maximum atomic E-state index is 6.31. The Bertz CT molecular complexity index is 1500. The number of benzene rings is 1. The van der Waals surface area contributed by atoms with Gasteiger partial charge >= 0.3 is 0 Å². The second-order valence-corrected chi connectivity index (χ2v) is 10.6. The average molecular weight is 506 g/mol. The maximum Gasteiger partial charge on any atom is 0.165 e. The molecule has 194 valence electrons. The number of pyridine rings is 2. The zero-order valence-corrected chi connectivity index (χ0v) is 22.2. The van der Waals surface area contributed by atoms with Crippen molar-refractivity contribution in [2.75, 3.05) is 31.9 Å². The largest absolute Gasteiger partial charge is 0.383 e. The summed E-state index contributed by atoms with van der Waals surface area (Å²) in [4.78, 5) is 16.9. The van der Waals surface area contributed by atoms with Gasteiger partial charge in [0.15, 0.2) is 11.5 Å². The number of piperidine rings is 1. The summed E-state index contributed by atoms with van der Waals surface area (Å²) < 4.78 is 2.10. The minimum absolute atomic E-state index is 0.452. The first kappa shape index (κ1) is 24.5. The molecule has 0 saturated carbocycles. The quantitative estimate of drug-likeness (QED) is 0.349. The Morgan fingerprint density at radius 2 is 1.82 bits per heavy atom. The van der Waals surface area contributed by atoms with Crippen molar-refractivity contribution in [3.8, 4) is 17.1 Å². The van der Waals surface area contributed by atoms with E-state index in [2.05, 4.69) is 56.2 Å². The van der Waals surface area contributed by atoms with Crippen LogP contribution in [-0.4, -0.2) is 50.6 Å². The molecule has 0 radical (unpaired) electrons. The van der Waals surface area contributed by atoms with Crippen molar-refractivity contribution >= 4 is 22.6 Å². The molecule has 7 nitrogen and oxygen atoms in total. The molecule has 7 heteroatoms. The van der Waals surface area contributed by atoms with Crippen molar-refractivity contribution < 1.29 is 0 Å². The first-order valence-electron chi connectivity index (χ1n) is 13.5. The molecule has 2 fully saturated rings. The summed E-state index contributed by atoms with van der Waals surface area (Å²) in [7, 11) is 0. The molecule has 3 N–H and O–H groups in total. The van der Waals surface area contributed by atoms with Crippen LogP contribution in [0.5, 0.6) is 0 Å². The van der Waals surface area contributed by atoms with Gasteiger partial charge in [-0.25, -0.2) is 15.0 Å². The van der Waals surface area contributed by atoms with E-state index in [4.69, 9.17) is 15.7 Å². The molecular formula is C31H35N7. The fraction of sp³-hybridized carbons (Fsp3) is 0.323. The minimum atomic E-state index is 0.452. The zero-order chi connectivity index (χ0) is 26.1. The van der Waals surface area contributed by atoms with Gasteiger partial charge in [-0.3, -0.25) is 9.47 Å². The number of fused-ring (bicyclic) bond motifs is 1. The van der Waals surface area contributed by atoms with Gasteiger partial charge in [-0.15, -0.1) is 0 Å². The molecule has 2 aliphatic rings. The highest BCUT2D eigenvalue weighted by molar-refractivity contribution is 5.85. The number of allylic oxidation sites excluding steroid dienone is 4. The molecule has 0 aliphatic carbocycles. The van der Waals surface area contributed by atoms with Gasteiger partial charge in [0, 0.05) is 31.5 Å². The molecule has 0 atom stereocenters. The number of aromatic nitrogens is 4. The highest BCUT2D eigenvalue weighted by Gasteiger charge is 2.42. The van der Waals surface area contributed by atoms with E-state index in [0.29, 0.717) is 11.2 Å². The first-order valence-corrected chi connectivity index (χ1v) is 13.5. The van der Waals surface area contributed by atoms with Gasteiger partial charge in [0.1, 0.15) is 11.3 Å². The molecular weight excluding hydrogens is 470 g/mol. The Kier molecular flexibility index (Phi) is 6.55. The van der Waals surface area contributed by atoms with E-state index >= 15 is 0 Å². The topological polar surface area (TPSA) is 84.9 Å². The Morgan fingerprint density at radius 3 is 2.53 bits per heavy atom. The van der Waals surface area contributed by atoms with Crippen LogP contribution in [0.2, 0.25) is 0 Å². The third-order valence-electron chi connectivity index (χ3n) is 7.92. The summed E-state index contributed by atoms with van der Waals surface area (Å²) in [5.41, 5.74) is 13.6. The SMILES string of the molecule is C/C=C\C(=C/C)c1ccc2nc(-c3cccnc3N)n(-c3ccc(CN4CC5(CCNCC5)C4)cc3)c2n1. The Balaban J connectivity index is 1.36. The molecule has 2 saturated heterocycles. The van der Waals surface area contributed by atoms with E-state index in [0.717, 1.165) is 59.1 Å². The number of nitrogens with two attached hydrogens (primary N) is 1. The third kappa shape index (κ3) is 4.52. The van der Waals surface area contributed by atoms with E-state index < -0.39 is 0 Å². The monoisotopic (exact) mass is 505 g/mol. The minimum Gasteiger partial charge on any atom is -0.383 e. The van der Waals surface area contributed by atoms with E-state index in [1.807, 2.05) is 44.2 Å². The summed E-state index contributed by atoms with van der Waals surface area (Å²) in [6.07, 6.45) is 10.5. The molecule has 0 unspecified atom stereocenters. The lowest BCUT2D eigenvalue weighted by molar-refractivity contribution is -0.0282. The summed E-state index contributed by atoms with van der Waals surface area (Å²) in [6, 6.07) is 16.7. The van der Waals surface area contributed by atoms with Gasteiger partial charge in [-0.05, 0) is 92.7 Å². The summed E-state index contributed by atoms with van der Waals surface area (Å²) in [6.45, 7) is 9.77. The molecule has 4 aromatic rings. The molecule has 6 rings (SSSR count). The second-order valence-electron chi connectivity index (χ2n) is 10.6. The number of nitrogens with zero attached hydrogens (tertiary/aromatic N) is 5. The number of hydrogen-bond acceptors (Lipinski definition) is 6. The number of hydrogen-bond donors (Lipinski definition) is 2. The number of imidazole rings is 1. The number of nitrogens with one attached hydrogen (secondary N) is 1. The molecule has 2 aliphatic heterocycles. The van der Waals surface area contributed by atoms with Gasteiger partial charge < -0.3 is 11.1 Å². The highest BCUT2D eigenvalue weighted by atomic mass is 15.2. The maximum absolute atomic E-state index is 6.31. The van der Waals surface area contributed by atoms with Gasteiger partial charge in [-0.2, -0.15) is 0 Å². The van der Waals surface area contributed by atoms with Gasteiger partial charge in [-0.1, -0.05) is 30.4 Å². The van der Waals surface area contributed by atoms with Crippen LogP contribution in [0.3, 0.4) is 0 Å². The average Bonchev–Trinajstić information content (AvgIpc) is 3.30. The summed E-state index contributed by atoms with van der Waals surface area (Å²) in [5, 5.41) is 3.49. The first-order chi connectivity index (χ1) is 18.6. The fourth-order valence-corrected chi connectivity index (χ4v) is 5.96. The van der Waals surface area contributed by atoms with Crippen LogP contribution in [0, 0.1) is 5.41 Å². The molecule has 5 heterocycles. The molecule has 0 bridgehead atoms. The smallest absolute Gasteiger partial charge is 0.165 e. The molecule has 38 heavy (non-hydrogen) atoms. The van der Waals surface area contributed by atoms with Crippen LogP contribution in [0.25, 0.3) is 33.8 Å². The summed E-state index contributed by atoms with van der Waals surface area (Å²) in [5.74, 6) is 1.19. The Hall–Kier alpha value is -3.81. The van der Waals surface area contributed by atoms with Crippen LogP contribution in [0.1, 0.15) is 37.9 Å². The van der Waals surface area contributed by atoms with Gasteiger partial charge in [0.25, 0.3) is 0 Å². The van der Waals surface area contributed by atoms with Crippen molar-refractivity contribution in [3.63, 3.8) is 0 Å². The Morgan fingerprint density at radius 1 is 1.03 bits per heavy atom. The number of anilines is 1. The fourth-order valence-electron chi connectivity index (χ4n) is 5.96. The van der Waals surface area contributed by atoms with Gasteiger partial charge in [0.05, 0.1) is 11.3 Å². The lowest BCUT2D eigenvalue weighted by Gasteiger charge is -2.52. The second kappa shape index (κ2) is 10.2. The van der Waals surface area contributed by atoms with Crippen LogP contribution in [-0.2, 0) is 6.54 Å². The lowest BCUT2D eigenvalue weighted by atomic mass is 9.72. The number of likely N-dealkylation sites (tertiary alicyclic amines) is 1. The molecule has 1 aromatic carbocycles. The Labute approximate surface area is 224 Å². The van der Waals surface area contributed by atoms with Crippen molar-refractivity contribution in [1.82, 2.24) is 29.7 Å². The van der Waals surface area contributed by atoms with Gasteiger partial charge in [0.2, 0.25) is 0 Å². The lowest BCUT2D eigenvalue weighted by Crippen LogP contribution is -2.59. The zero-order valence-electron chi connectivity index (χ0n) is 22.2. The van der Waals surface area contributed by atoms with Crippen LogP contribution < -0.4 is 11.1 Å².